The van der Waals surface area contributed by atoms with E-state index in [9.17, 15) is 0 Å². The second-order valence-corrected chi connectivity index (χ2v) is 4.88. The van der Waals surface area contributed by atoms with Crippen LogP contribution in [0.5, 0.6) is 0 Å². The molecule has 0 amide bonds. The molecule has 0 spiro atoms. The van der Waals surface area contributed by atoms with Gasteiger partial charge < -0.3 is 5.32 Å². The van der Waals surface area contributed by atoms with Crippen LogP contribution in [0.25, 0.3) is 0 Å². The fourth-order valence-electron chi connectivity index (χ4n) is 1.21. The molecule has 1 aliphatic rings. The highest BCUT2D eigenvalue weighted by atomic mass is 79.9. The molecule has 3 nitrogen and oxygen atoms in total. The molecule has 0 atom stereocenters. The Morgan fingerprint density at radius 1 is 1.27 bits per heavy atom. The van der Waals surface area contributed by atoms with Crippen LogP contribution in [0.2, 0.25) is 0 Å². The van der Waals surface area contributed by atoms with Crippen LogP contribution < -0.4 is 5.32 Å². The van der Waals surface area contributed by atoms with E-state index < -0.39 is 0 Å². The number of thioether (sulfide) groups is 1. The van der Waals surface area contributed by atoms with Crippen molar-refractivity contribution in [3.05, 3.63) is 34.3 Å². The number of hydrogen-bond donors (Lipinski definition) is 1. The van der Waals surface area contributed by atoms with Crippen molar-refractivity contribution >= 4 is 38.6 Å². The molecule has 0 radical (unpaired) electrons. The minimum atomic E-state index is 0.862. The van der Waals surface area contributed by atoms with E-state index in [1.165, 1.54) is 0 Å². The maximum atomic E-state index is 4.19. The van der Waals surface area contributed by atoms with Crippen molar-refractivity contribution in [2.75, 3.05) is 12.8 Å². The Morgan fingerprint density at radius 2 is 2.00 bits per heavy atom. The van der Waals surface area contributed by atoms with Crippen LogP contribution in [0.1, 0.15) is 5.56 Å². The van der Waals surface area contributed by atoms with E-state index >= 15 is 0 Å². The molecule has 1 aliphatic heterocycles. The number of halogens is 1. The SMILES string of the molecule is CNC1=NN=C(c2ccc(Br)cc2)CS1. The average molecular weight is 284 g/mol. The Labute approximate surface area is 101 Å². The van der Waals surface area contributed by atoms with Crippen LogP contribution in [0.4, 0.5) is 0 Å². The van der Waals surface area contributed by atoms with E-state index in [4.69, 9.17) is 0 Å². The van der Waals surface area contributed by atoms with Crippen LogP contribution in [0.15, 0.2) is 38.9 Å². The third-order valence-electron chi connectivity index (χ3n) is 2.00. The van der Waals surface area contributed by atoms with Crippen molar-refractivity contribution < 1.29 is 0 Å². The summed E-state index contributed by atoms with van der Waals surface area (Å²) in [5.41, 5.74) is 2.15. The Morgan fingerprint density at radius 3 is 2.53 bits per heavy atom. The number of hydrogen-bond acceptors (Lipinski definition) is 4. The van der Waals surface area contributed by atoms with E-state index in [2.05, 4.69) is 31.4 Å². The molecule has 0 unspecified atom stereocenters. The first-order chi connectivity index (χ1) is 7.29. The number of rotatable bonds is 1. The Kier molecular flexibility index (Phi) is 3.43. The predicted molar refractivity (Wildman–Crippen MR) is 69.6 cm³/mol. The minimum Gasteiger partial charge on any atom is -0.366 e. The molecule has 0 aliphatic carbocycles. The summed E-state index contributed by atoms with van der Waals surface area (Å²) in [6, 6.07) is 8.12. The van der Waals surface area contributed by atoms with Crippen LogP contribution in [-0.2, 0) is 0 Å². The normalized spacial score (nSPS) is 15.6. The lowest BCUT2D eigenvalue weighted by Crippen LogP contribution is -2.20. The predicted octanol–water partition coefficient (Wildman–Crippen LogP) is 2.48. The number of nitrogens with one attached hydrogen (secondary N) is 1. The molecule has 5 heteroatoms. The smallest absolute Gasteiger partial charge is 0.183 e. The first-order valence-electron chi connectivity index (χ1n) is 4.50. The van der Waals surface area contributed by atoms with Gasteiger partial charge in [-0.3, -0.25) is 0 Å². The zero-order valence-corrected chi connectivity index (χ0v) is 10.6. The van der Waals surface area contributed by atoms with Gasteiger partial charge in [0.25, 0.3) is 0 Å². The molecule has 1 aromatic rings. The summed E-state index contributed by atoms with van der Waals surface area (Å²) in [7, 11) is 1.85. The Bertz CT molecular complexity index is 411. The molecule has 1 heterocycles. The van der Waals surface area contributed by atoms with Gasteiger partial charge in [-0.05, 0) is 17.7 Å². The van der Waals surface area contributed by atoms with Crippen LogP contribution in [0.3, 0.4) is 0 Å². The highest BCUT2D eigenvalue weighted by molar-refractivity contribution is 9.10. The molecule has 0 fully saturated rings. The quantitative estimate of drug-likeness (QED) is 0.860. The Balaban J connectivity index is 2.22. The lowest BCUT2D eigenvalue weighted by atomic mass is 10.1. The number of nitrogens with zero attached hydrogens (tertiary/aromatic N) is 2. The summed E-state index contributed by atoms with van der Waals surface area (Å²) in [6.45, 7) is 0. The lowest BCUT2D eigenvalue weighted by Gasteiger charge is -2.11. The van der Waals surface area contributed by atoms with Crippen molar-refractivity contribution in [3.8, 4) is 0 Å². The number of benzene rings is 1. The second kappa shape index (κ2) is 4.81. The fourth-order valence-corrected chi connectivity index (χ4v) is 2.21. The van der Waals surface area contributed by atoms with Gasteiger partial charge in [0.15, 0.2) is 5.17 Å². The van der Waals surface area contributed by atoms with E-state index in [1.807, 2.05) is 31.3 Å². The van der Waals surface area contributed by atoms with Gasteiger partial charge in [-0.15, -0.1) is 5.10 Å². The highest BCUT2D eigenvalue weighted by Gasteiger charge is 2.10. The van der Waals surface area contributed by atoms with Crippen LogP contribution in [0, 0.1) is 0 Å². The maximum Gasteiger partial charge on any atom is 0.183 e. The van der Waals surface area contributed by atoms with Gasteiger partial charge in [-0.1, -0.05) is 39.8 Å². The van der Waals surface area contributed by atoms with Gasteiger partial charge in [-0.2, -0.15) is 5.10 Å². The van der Waals surface area contributed by atoms with Crippen LogP contribution in [-0.4, -0.2) is 23.7 Å². The van der Waals surface area contributed by atoms with Crippen LogP contribution >= 0.6 is 27.7 Å². The van der Waals surface area contributed by atoms with E-state index in [-0.39, 0.29) is 0 Å². The third-order valence-corrected chi connectivity index (χ3v) is 3.50. The topological polar surface area (TPSA) is 36.8 Å². The summed E-state index contributed by atoms with van der Waals surface area (Å²) in [6.07, 6.45) is 0. The molecule has 0 saturated carbocycles. The van der Waals surface area contributed by atoms with Crippen molar-refractivity contribution in [1.82, 2.24) is 5.32 Å². The molecule has 0 saturated heterocycles. The monoisotopic (exact) mass is 283 g/mol. The highest BCUT2D eigenvalue weighted by Crippen LogP contribution is 2.16. The average Bonchev–Trinajstić information content (AvgIpc) is 2.30. The molecule has 0 aromatic heterocycles. The van der Waals surface area contributed by atoms with Gasteiger partial charge >= 0.3 is 0 Å². The summed E-state index contributed by atoms with van der Waals surface area (Å²) in [5.74, 6) is 0.862. The third kappa shape index (κ3) is 2.60. The molecule has 2 rings (SSSR count). The molecule has 1 aromatic carbocycles. The minimum absolute atomic E-state index is 0.862. The van der Waals surface area contributed by atoms with E-state index in [1.54, 1.807) is 11.8 Å². The molecule has 0 bridgehead atoms. The largest absolute Gasteiger partial charge is 0.366 e. The first-order valence-corrected chi connectivity index (χ1v) is 6.28. The van der Waals surface area contributed by atoms with Gasteiger partial charge in [0, 0.05) is 17.3 Å². The first kappa shape index (κ1) is 10.7. The van der Waals surface area contributed by atoms with E-state index in [0.29, 0.717) is 0 Å². The zero-order valence-electron chi connectivity index (χ0n) is 8.20. The van der Waals surface area contributed by atoms with Gasteiger partial charge in [-0.25, -0.2) is 0 Å². The second-order valence-electron chi connectivity index (χ2n) is 3.00. The van der Waals surface area contributed by atoms with Crippen molar-refractivity contribution in [2.24, 2.45) is 10.2 Å². The molecule has 78 valence electrons. The lowest BCUT2D eigenvalue weighted by molar-refractivity contribution is 1.13. The van der Waals surface area contributed by atoms with Gasteiger partial charge in [0.1, 0.15) is 0 Å². The van der Waals surface area contributed by atoms with Crippen molar-refractivity contribution in [3.63, 3.8) is 0 Å². The van der Waals surface area contributed by atoms with Gasteiger partial charge in [0.2, 0.25) is 0 Å². The molecule has 15 heavy (non-hydrogen) atoms. The molecular formula is C10H10BrN3S. The molecular weight excluding hydrogens is 274 g/mol. The van der Waals surface area contributed by atoms with Gasteiger partial charge in [0.05, 0.1) is 5.71 Å². The zero-order chi connectivity index (χ0) is 10.7. The summed E-state index contributed by atoms with van der Waals surface area (Å²) in [4.78, 5) is 0. The van der Waals surface area contributed by atoms with Crippen molar-refractivity contribution in [1.29, 1.82) is 0 Å². The summed E-state index contributed by atoms with van der Waals surface area (Å²) >= 11 is 5.07. The fraction of sp³-hybridized carbons (Fsp3) is 0.200. The maximum absolute atomic E-state index is 4.19. The summed E-state index contributed by atoms with van der Waals surface area (Å²) in [5, 5.41) is 12.1. The summed E-state index contributed by atoms with van der Waals surface area (Å²) < 4.78 is 1.08. The number of amidine groups is 1. The van der Waals surface area contributed by atoms with Crippen molar-refractivity contribution in [2.45, 2.75) is 0 Å². The Hall–Kier alpha value is -0.810. The standard InChI is InChI=1S/C10H10BrN3S/c1-12-10-14-13-9(6-15-10)7-2-4-8(11)5-3-7/h2-5H,6H2,1H3,(H,12,14). The van der Waals surface area contributed by atoms with E-state index in [0.717, 1.165) is 26.7 Å². The molecule has 1 N–H and O–H groups in total.